The first-order chi connectivity index (χ1) is 13.7. The van der Waals surface area contributed by atoms with Crippen molar-refractivity contribution >= 4 is 22.6 Å². The van der Waals surface area contributed by atoms with Crippen LogP contribution in [0, 0.1) is 6.92 Å². The summed E-state index contributed by atoms with van der Waals surface area (Å²) in [6, 6.07) is 15.0. The van der Waals surface area contributed by atoms with Gasteiger partial charge in [-0.15, -0.1) is 0 Å². The number of amides is 1. The molecule has 0 saturated heterocycles. The van der Waals surface area contributed by atoms with Crippen LogP contribution in [0.15, 0.2) is 61.1 Å². The van der Waals surface area contributed by atoms with Crippen molar-refractivity contribution in [3.63, 3.8) is 0 Å². The normalized spacial score (nSPS) is 10.8. The van der Waals surface area contributed by atoms with Gasteiger partial charge in [-0.3, -0.25) is 4.79 Å². The van der Waals surface area contributed by atoms with Crippen molar-refractivity contribution in [2.45, 2.75) is 6.92 Å². The van der Waals surface area contributed by atoms with E-state index in [1.807, 2.05) is 49.5 Å². The third-order valence-electron chi connectivity index (χ3n) is 4.16. The van der Waals surface area contributed by atoms with E-state index in [2.05, 4.69) is 30.7 Å². The highest BCUT2D eigenvalue weighted by atomic mass is 16.1. The first-order valence-corrected chi connectivity index (χ1v) is 8.91. The molecular weight excluding hydrogens is 354 g/mol. The van der Waals surface area contributed by atoms with Crippen molar-refractivity contribution in [1.29, 1.82) is 0 Å². The van der Waals surface area contributed by atoms with Crippen LogP contribution < -0.4 is 10.6 Å². The quantitative estimate of drug-likeness (QED) is 0.504. The van der Waals surface area contributed by atoms with Crippen LogP contribution in [0.25, 0.3) is 16.7 Å². The molecule has 0 spiro atoms. The summed E-state index contributed by atoms with van der Waals surface area (Å²) in [4.78, 5) is 25.1. The van der Waals surface area contributed by atoms with Gasteiger partial charge in [0.1, 0.15) is 17.8 Å². The maximum Gasteiger partial charge on any atom is 0.269 e. The molecule has 0 fully saturated rings. The maximum absolute atomic E-state index is 12.3. The molecule has 0 radical (unpaired) electrons. The van der Waals surface area contributed by atoms with E-state index in [0.29, 0.717) is 30.4 Å². The van der Waals surface area contributed by atoms with Crippen LogP contribution in [0.5, 0.6) is 0 Å². The monoisotopic (exact) mass is 373 g/mol. The average Bonchev–Trinajstić information content (AvgIpc) is 3.17. The van der Waals surface area contributed by atoms with Crippen LogP contribution in [-0.2, 0) is 0 Å². The van der Waals surface area contributed by atoms with E-state index >= 15 is 0 Å². The highest BCUT2D eigenvalue weighted by Gasteiger charge is 2.07. The lowest BCUT2D eigenvalue weighted by atomic mass is 10.2. The molecule has 2 N–H and O–H groups in total. The Morgan fingerprint density at radius 2 is 1.96 bits per heavy atom. The van der Waals surface area contributed by atoms with Crippen LogP contribution >= 0.6 is 0 Å². The minimum Gasteiger partial charge on any atom is -0.368 e. The summed E-state index contributed by atoms with van der Waals surface area (Å²) < 4.78 is 1.69. The lowest BCUT2D eigenvalue weighted by Crippen LogP contribution is -2.29. The lowest BCUT2D eigenvalue weighted by Gasteiger charge is -2.08. The van der Waals surface area contributed by atoms with Crippen LogP contribution in [0.3, 0.4) is 0 Å². The van der Waals surface area contributed by atoms with E-state index in [1.165, 1.54) is 6.33 Å². The van der Waals surface area contributed by atoms with Crippen molar-refractivity contribution in [3.8, 4) is 5.82 Å². The summed E-state index contributed by atoms with van der Waals surface area (Å²) >= 11 is 0. The molecule has 0 unspecified atom stereocenters. The Morgan fingerprint density at radius 3 is 2.82 bits per heavy atom. The number of aromatic nitrogens is 5. The minimum atomic E-state index is -0.206. The number of nitrogens with one attached hydrogen (secondary N) is 2. The number of carbonyl (C=O) groups is 1. The van der Waals surface area contributed by atoms with Gasteiger partial charge < -0.3 is 10.6 Å². The fourth-order valence-electron chi connectivity index (χ4n) is 2.76. The molecule has 140 valence electrons. The molecule has 0 aliphatic rings. The van der Waals surface area contributed by atoms with Crippen molar-refractivity contribution in [2.75, 3.05) is 18.4 Å². The van der Waals surface area contributed by atoms with Crippen LogP contribution in [0.1, 0.15) is 16.2 Å². The first-order valence-electron chi connectivity index (χ1n) is 8.91. The molecule has 0 saturated carbocycles. The largest absolute Gasteiger partial charge is 0.368 e. The molecule has 8 heteroatoms. The molecular formula is C20H19N7O. The number of carbonyl (C=O) groups excluding carboxylic acids is 1. The summed E-state index contributed by atoms with van der Waals surface area (Å²) in [5, 5.41) is 11.4. The second-order valence-electron chi connectivity index (χ2n) is 6.24. The van der Waals surface area contributed by atoms with E-state index in [1.54, 1.807) is 16.8 Å². The van der Waals surface area contributed by atoms with Gasteiger partial charge in [0.15, 0.2) is 5.82 Å². The van der Waals surface area contributed by atoms with Gasteiger partial charge in [0.25, 0.3) is 5.91 Å². The minimum absolute atomic E-state index is 0.206. The highest BCUT2D eigenvalue weighted by molar-refractivity contribution is 5.94. The number of fused-ring (bicyclic) bond motifs is 1. The number of aryl methyl sites for hydroxylation is 1. The van der Waals surface area contributed by atoms with Gasteiger partial charge in [-0.2, -0.15) is 5.10 Å². The Labute approximate surface area is 161 Å². The summed E-state index contributed by atoms with van der Waals surface area (Å²) in [5.41, 5.74) is 2.12. The number of para-hydroxylation sites is 1. The Kier molecular flexibility index (Phi) is 4.92. The summed E-state index contributed by atoms with van der Waals surface area (Å²) in [5.74, 6) is 1.13. The molecule has 3 heterocycles. The zero-order chi connectivity index (χ0) is 19.3. The third kappa shape index (κ3) is 3.96. The molecule has 3 aromatic heterocycles. The van der Waals surface area contributed by atoms with Crippen molar-refractivity contribution in [3.05, 3.63) is 72.4 Å². The van der Waals surface area contributed by atoms with Gasteiger partial charge >= 0.3 is 0 Å². The maximum atomic E-state index is 12.3. The van der Waals surface area contributed by atoms with Crippen LogP contribution in [-0.4, -0.2) is 43.7 Å². The summed E-state index contributed by atoms with van der Waals surface area (Å²) in [6.07, 6.45) is 3.32. The zero-order valence-electron chi connectivity index (χ0n) is 15.3. The van der Waals surface area contributed by atoms with E-state index < -0.39 is 0 Å². The fourth-order valence-corrected chi connectivity index (χ4v) is 2.76. The van der Waals surface area contributed by atoms with Gasteiger partial charge in [0, 0.05) is 30.7 Å². The van der Waals surface area contributed by atoms with Crippen molar-refractivity contribution < 1.29 is 4.79 Å². The van der Waals surface area contributed by atoms with Gasteiger partial charge in [0.05, 0.1) is 11.2 Å². The molecule has 1 amide bonds. The van der Waals surface area contributed by atoms with Gasteiger partial charge in [-0.1, -0.05) is 24.3 Å². The molecule has 28 heavy (non-hydrogen) atoms. The Morgan fingerprint density at radius 1 is 1.07 bits per heavy atom. The number of hydrogen-bond acceptors (Lipinski definition) is 6. The molecule has 8 nitrogen and oxygen atoms in total. The number of anilines is 1. The van der Waals surface area contributed by atoms with Crippen LogP contribution in [0.2, 0.25) is 0 Å². The number of nitrogens with zero attached hydrogens (tertiary/aromatic N) is 5. The SMILES string of the molecule is Cc1ccn(-c2cc(NCCNC(=O)c3ccc4ccccc4n3)ncn2)n1. The van der Waals surface area contributed by atoms with E-state index in [0.717, 1.165) is 16.6 Å². The Balaban J connectivity index is 1.32. The van der Waals surface area contributed by atoms with Gasteiger partial charge in [-0.25, -0.2) is 19.6 Å². The second-order valence-corrected chi connectivity index (χ2v) is 6.24. The van der Waals surface area contributed by atoms with Crippen molar-refractivity contribution in [1.82, 2.24) is 30.0 Å². The topological polar surface area (TPSA) is 97.6 Å². The standard InChI is InChI=1S/C20H19N7O/c1-14-8-11-27(26-14)19-12-18(23-13-24-19)21-9-10-22-20(28)17-7-6-15-4-2-3-5-16(15)25-17/h2-8,11-13H,9-10H2,1H3,(H,22,28)(H,21,23,24). The van der Waals surface area contributed by atoms with E-state index in [9.17, 15) is 4.79 Å². The molecule has 4 aromatic rings. The second kappa shape index (κ2) is 7.83. The molecule has 0 aliphatic carbocycles. The van der Waals surface area contributed by atoms with E-state index in [4.69, 9.17) is 0 Å². The van der Waals surface area contributed by atoms with Crippen LogP contribution in [0.4, 0.5) is 5.82 Å². The summed E-state index contributed by atoms with van der Waals surface area (Å²) in [7, 11) is 0. The smallest absolute Gasteiger partial charge is 0.269 e. The molecule has 1 aromatic carbocycles. The zero-order valence-corrected chi connectivity index (χ0v) is 15.3. The molecule has 0 bridgehead atoms. The predicted octanol–water partition coefficient (Wildman–Crippen LogP) is 2.36. The van der Waals surface area contributed by atoms with Crippen molar-refractivity contribution in [2.24, 2.45) is 0 Å². The lowest BCUT2D eigenvalue weighted by molar-refractivity contribution is 0.0950. The highest BCUT2D eigenvalue weighted by Crippen LogP contribution is 2.12. The predicted molar refractivity (Wildman–Crippen MR) is 106 cm³/mol. The number of rotatable bonds is 6. The Hall–Kier alpha value is -3.81. The van der Waals surface area contributed by atoms with Gasteiger partial charge in [-0.05, 0) is 25.1 Å². The fraction of sp³-hybridized carbons (Fsp3) is 0.150. The number of pyridine rings is 1. The first kappa shape index (κ1) is 17.6. The van der Waals surface area contributed by atoms with Gasteiger partial charge in [0.2, 0.25) is 0 Å². The third-order valence-corrected chi connectivity index (χ3v) is 4.16. The molecule has 4 rings (SSSR count). The number of benzene rings is 1. The number of hydrogen-bond donors (Lipinski definition) is 2. The Bertz CT molecular complexity index is 1120. The molecule has 0 aliphatic heterocycles. The summed E-state index contributed by atoms with van der Waals surface area (Å²) in [6.45, 7) is 2.88. The molecule has 0 atom stereocenters. The van der Waals surface area contributed by atoms with E-state index in [-0.39, 0.29) is 5.91 Å². The average molecular weight is 373 g/mol.